The van der Waals surface area contributed by atoms with Crippen LogP contribution in [0.15, 0.2) is 24.4 Å². The summed E-state index contributed by atoms with van der Waals surface area (Å²) in [4.78, 5) is 4.42. The lowest BCUT2D eigenvalue weighted by Crippen LogP contribution is -2.06. The maximum Gasteiger partial charge on any atom is 0.145 e. The van der Waals surface area contributed by atoms with Crippen LogP contribution in [0, 0.1) is 11.2 Å². The average molecular weight is 305 g/mol. The van der Waals surface area contributed by atoms with E-state index >= 15 is 0 Å². The van der Waals surface area contributed by atoms with Gasteiger partial charge in [0.25, 0.3) is 0 Å². The van der Waals surface area contributed by atoms with Gasteiger partial charge >= 0.3 is 0 Å². The number of fused-ring (bicyclic) bond motifs is 1. The Morgan fingerprint density at radius 1 is 0.952 bits per heavy atom. The van der Waals surface area contributed by atoms with Gasteiger partial charge in [0.1, 0.15) is 17.0 Å². The number of ether oxygens (including phenoxy) is 2. The molecule has 1 aromatic heterocycles. The van der Waals surface area contributed by atoms with E-state index in [-0.39, 0.29) is 0 Å². The molecule has 2 aromatic rings. The topological polar surface area (TPSA) is 31.4 Å². The van der Waals surface area contributed by atoms with E-state index in [1.54, 1.807) is 20.4 Å². The van der Waals surface area contributed by atoms with Crippen LogP contribution in [0.2, 0.25) is 0 Å². The number of methoxy groups -OCH3 is 2. The van der Waals surface area contributed by atoms with E-state index < -0.39 is 9.16 Å². The predicted molar refractivity (Wildman–Crippen MR) is 94.4 cm³/mol. The van der Waals surface area contributed by atoms with E-state index in [0.717, 1.165) is 28.0 Å². The lowest BCUT2D eigenvalue weighted by atomic mass is 10.1. The maximum absolute atomic E-state index is 5.47. The summed E-state index contributed by atoms with van der Waals surface area (Å²) in [6.07, 6.45) is 10.7. The fourth-order valence-corrected chi connectivity index (χ4v) is 2.50. The molecule has 0 amide bonds. The first-order chi connectivity index (χ1) is 9.71. The van der Waals surface area contributed by atoms with Gasteiger partial charge in [-0.1, -0.05) is 11.2 Å². The Morgan fingerprint density at radius 3 is 2.14 bits per heavy atom. The molecular formula is C17H23NO2S. The third-order valence-corrected chi connectivity index (χ3v) is 3.90. The Morgan fingerprint density at radius 2 is 1.57 bits per heavy atom. The van der Waals surface area contributed by atoms with Gasteiger partial charge in [-0.15, -0.1) is 0 Å². The Kier molecular flexibility index (Phi) is 3.81. The van der Waals surface area contributed by atoms with Crippen molar-refractivity contribution in [2.24, 2.45) is 0 Å². The van der Waals surface area contributed by atoms with Crippen molar-refractivity contribution < 1.29 is 9.47 Å². The fourth-order valence-electron chi connectivity index (χ4n) is 1.93. The predicted octanol–water partition coefficient (Wildman–Crippen LogP) is 3.15. The van der Waals surface area contributed by atoms with Crippen LogP contribution in [-0.4, -0.2) is 44.2 Å². The highest BCUT2D eigenvalue weighted by molar-refractivity contribution is 8.51. The second kappa shape index (κ2) is 5.16. The molecule has 4 heteroatoms. The highest BCUT2D eigenvalue weighted by atomic mass is 32.3. The van der Waals surface area contributed by atoms with Crippen molar-refractivity contribution in [3.8, 4) is 22.7 Å². The number of rotatable bonds is 2. The lowest BCUT2D eigenvalue weighted by molar-refractivity contribution is 0.409. The van der Waals surface area contributed by atoms with E-state index in [1.807, 2.05) is 18.2 Å². The summed E-state index contributed by atoms with van der Waals surface area (Å²) in [6, 6.07) is 5.69. The quantitative estimate of drug-likeness (QED) is 0.683. The zero-order valence-electron chi connectivity index (χ0n) is 13.5. The van der Waals surface area contributed by atoms with Crippen LogP contribution in [0.3, 0.4) is 0 Å². The van der Waals surface area contributed by atoms with Crippen LogP contribution in [-0.2, 0) is 0 Å². The summed E-state index contributed by atoms with van der Waals surface area (Å²) in [7, 11) is 1.41. The molecule has 0 aliphatic rings. The van der Waals surface area contributed by atoms with Crippen LogP contribution in [0.25, 0.3) is 10.9 Å². The molecule has 1 aromatic carbocycles. The van der Waals surface area contributed by atoms with Gasteiger partial charge in [0.2, 0.25) is 0 Å². The van der Waals surface area contributed by atoms with Crippen molar-refractivity contribution in [1.82, 2.24) is 4.98 Å². The Hall–Kier alpha value is -1.86. The highest BCUT2D eigenvalue weighted by Gasteiger charge is 2.15. The standard InChI is InChI=1S/C17H23NO2S/c1-19-14-7-8-15(20-2)17-16(14)13(9-11-18-17)10-12-21(3,4,5)6/h7-9,11,21H,1-6H3. The molecular weight excluding hydrogens is 282 g/mol. The van der Waals surface area contributed by atoms with Crippen LogP contribution < -0.4 is 9.47 Å². The first-order valence-corrected chi connectivity index (χ1v) is 10.8. The Balaban J connectivity index is 2.76. The molecule has 0 aliphatic carbocycles. The minimum Gasteiger partial charge on any atom is -0.496 e. The van der Waals surface area contributed by atoms with Gasteiger partial charge < -0.3 is 9.47 Å². The summed E-state index contributed by atoms with van der Waals surface area (Å²) in [5.74, 6) is 4.82. The van der Waals surface area contributed by atoms with Crippen molar-refractivity contribution in [3.05, 3.63) is 30.0 Å². The van der Waals surface area contributed by atoms with Gasteiger partial charge in [-0.2, -0.15) is 0 Å². The molecule has 0 N–H and O–H groups in total. The van der Waals surface area contributed by atoms with Crippen LogP contribution in [0.1, 0.15) is 5.56 Å². The number of hydrogen-bond acceptors (Lipinski definition) is 3. The summed E-state index contributed by atoms with van der Waals surface area (Å²) in [5.41, 5.74) is 1.71. The molecule has 0 atom stereocenters. The van der Waals surface area contributed by atoms with E-state index in [9.17, 15) is 0 Å². The Labute approximate surface area is 127 Å². The third-order valence-electron chi connectivity index (χ3n) is 2.89. The van der Waals surface area contributed by atoms with Gasteiger partial charge in [0.15, 0.2) is 0 Å². The summed E-state index contributed by atoms with van der Waals surface area (Å²) in [6.45, 7) is 0. The average Bonchev–Trinajstić information content (AvgIpc) is 2.42. The highest BCUT2D eigenvalue weighted by Crippen LogP contribution is 2.54. The second-order valence-electron chi connectivity index (χ2n) is 6.87. The molecule has 3 nitrogen and oxygen atoms in total. The summed E-state index contributed by atoms with van der Waals surface area (Å²) >= 11 is 0. The number of nitrogens with zero attached hydrogens (tertiary/aromatic N) is 1. The van der Waals surface area contributed by atoms with Gasteiger partial charge in [-0.3, -0.25) is 4.98 Å². The van der Waals surface area contributed by atoms with Crippen molar-refractivity contribution in [2.45, 2.75) is 0 Å². The number of aromatic nitrogens is 1. The van der Waals surface area contributed by atoms with E-state index in [2.05, 4.69) is 41.2 Å². The minimum absolute atomic E-state index is 0.730. The zero-order valence-corrected chi connectivity index (χ0v) is 14.4. The molecule has 0 fully saturated rings. The molecule has 114 valence electrons. The van der Waals surface area contributed by atoms with Crippen LogP contribution in [0.4, 0.5) is 0 Å². The molecule has 0 radical (unpaired) electrons. The molecule has 2 rings (SSSR count). The van der Waals surface area contributed by atoms with Crippen molar-refractivity contribution in [1.29, 1.82) is 0 Å². The normalized spacial score (nSPS) is 13.0. The van der Waals surface area contributed by atoms with Crippen molar-refractivity contribution >= 4 is 20.1 Å². The molecule has 1 heterocycles. The summed E-state index contributed by atoms with van der Waals surface area (Å²) < 4.78 is 10.9. The number of thiol groups is 1. The van der Waals surface area contributed by atoms with Gasteiger partial charge in [-0.25, -0.2) is 9.16 Å². The molecule has 0 bridgehead atoms. The molecule has 0 unspecified atom stereocenters. The SMILES string of the molecule is COc1ccc(OC)c2c(C#C[SH](C)(C)(C)C)ccnc12. The van der Waals surface area contributed by atoms with Gasteiger partial charge in [-0.05, 0) is 43.2 Å². The summed E-state index contributed by atoms with van der Waals surface area (Å²) in [5, 5.41) is 4.36. The van der Waals surface area contributed by atoms with E-state index in [1.165, 1.54) is 0 Å². The smallest absolute Gasteiger partial charge is 0.145 e. The fraction of sp³-hybridized carbons (Fsp3) is 0.353. The maximum atomic E-state index is 5.47. The molecule has 0 aliphatic heterocycles. The number of benzene rings is 1. The molecule has 0 saturated carbocycles. The van der Waals surface area contributed by atoms with E-state index in [4.69, 9.17) is 9.47 Å². The largest absolute Gasteiger partial charge is 0.496 e. The molecule has 0 saturated heterocycles. The monoisotopic (exact) mass is 305 g/mol. The zero-order chi connectivity index (χ0) is 15.7. The minimum atomic E-state index is -1.89. The first-order valence-electron chi connectivity index (χ1n) is 6.75. The van der Waals surface area contributed by atoms with Crippen molar-refractivity contribution in [2.75, 3.05) is 39.2 Å². The number of pyridine rings is 1. The molecule has 0 spiro atoms. The first kappa shape index (κ1) is 15.5. The Bertz CT molecular complexity index is 739. The lowest BCUT2D eigenvalue weighted by Gasteiger charge is -2.40. The van der Waals surface area contributed by atoms with E-state index in [0.29, 0.717) is 0 Å². The second-order valence-corrected chi connectivity index (χ2v) is 14.2. The third kappa shape index (κ3) is 3.62. The molecule has 21 heavy (non-hydrogen) atoms. The van der Waals surface area contributed by atoms with Gasteiger partial charge in [0.05, 0.1) is 19.6 Å². The van der Waals surface area contributed by atoms with Gasteiger partial charge in [0, 0.05) is 11.8 Å². The van der Waals surface area contributed by atoms with Crippen LogP contribution >= 0.6 is 9.16 Å². The van der Waals surface area contributed by atoms with Crippen LogP contribution in [0.5, 0.6) is 11.5 Å². The van der Waals surface area contributed by atoms with Crippen molar-refractivity contribution in [3.63, 3.8) is 0 Å². The number of hydrogen-bond donors (Lipinski definition) is 1.